The zero-order valence-electron chi connectivity index (χ0n) is 10.1. The largest absolute Gasteiger partial charge is 0.364 e. The lowest BCUT2D eigenvalue weighted by atomic mass is 10.3. The van der Waals surface area contributed by atoms with Gasteiger partial charge in [-0.25, -0.2) is 4.98 Å². The minimum atomic E-state index is -0.482. The molecule has 2 N–H and O–H groups in total. The summed E-state index contributed by atoms with van der Waals surface area (Å²) >= 11 is 0. The van der Waals surface area contributed by atoms with Crippen molar-refractivity contribution in [2.75, 3.05) is 23.7 Å². The number of unbranched alkanes of at least 4 members (excludes halogenated alkanes) is 1. The third kappa shape index (κ3) is 3.86. The summed E-state index contributed by atoms with van der Waals surface area (Å²) in [6.45, 7) is 5.31. The molecule has 1 aromatic heterocycles. The summed E-state index contributed by atoms with van der Waals surface area (Å²) in [5, 5.41) is 16.7. The van der Waals surface area contributed by atoms with E-state index in [0.29, 0.717) is 19.0 Å². The molecule has 0 atom stereocenters. The molecule has 0 aliphatic heterocycles. The highest BCUT2D eigenvalue weighted by molar-refractivity contribution is 5.56. The number of nitro groups is 1. The second kappa shape index (κ2) is 6.62. The molecule has 1 rings (SSSR count). The predicted molar refractivity (Wildman–Crippen MR) is 66.2 cm³/mol. The Hall–Kier alpha value is -1.92. The summed E-state index contributed by atoms with van der Waals surface area (Å²) in [7, 11) is 0. The first-order valence-corrected chi connectivity index (χ1v) is 5.68. The van der Waals surface area contributed by atoms with Gasteiger partial charge in [-0.05, 0) is 13.3 Å². The van der Waals surface area contributed by atoms with E-state index in [1.54, 1.807) is 0 Å². The molecule has 0 unspecified atom stereocenters. The number of nitrogens with zero attached hydrogens (tertiary/aromatic N) is 3. The highest BCUT2D eigenvalue weighted by Gasteiger charge is 2.16. The van der Waals surface area contributed by atoms with Crippen molar-refractivity contribution < 1.29 is 4.92 Å². The van der Waals surface area contributed by atoms with E-state index in [2.05, 4.69) is 27.5 Å². The lowest BCUT2D eigenvalue weighted by Gasteiger charge is -2.07. The van der Waals surface area contributed by atoms with Gasteiger partial charge in [-0.3, -0.25) is 10.1 Å². The number of hydrogen-bond acceptors (Lipinski definition) is 6. The summed E-state index contributed by atoms with van der Waals surface area (Å²) in [4.78, 5) is 18.3. The highest BCUT2D eigenvalue weighted by Crippen LogP contribution is 2.21. The molecule has 0 saturated carbocycles. The molecule has 7 heteroatoms. The smallest absolute Gasteiger partial charge is 0.329 e. The fourth-order valence-electron chi connectivity index (χ4n) is 1.27. The van der Waals surface area contributed by atoms with Crippen LogP contribution in [0.5, 0.6) is 0 Å². The van der Waals surface area contributed by atoms with Gasteiger partial charge in [0.05, 0.1) is 4.92 Å². The van der Waals surface area contributed by atoms with Crippen LogP contribution in [-0.2, 0) is 0 Å². The molecule has 0 aliphatic carbocycles. The van der Waals surface area contributed by atoms with Gasteiger partial charge >= 0.3 is 5.69 Å². The third-order valence-corrected chi connectivity index (χ3v) is 2.12. The first kappa shape index (κ1) is 13.1. The Kier molecular flexibility index (Phi) is 5.12. The number of aromatic nitrogens is 2. The first-order valence-electron chi connectivity index (χ1n) is 5.68. The van der Waals surface area contributed by atoms with E-state index in [0.717, 1.165) is 12.8 Å². The minimum absolute atomic E-state index is 0.0947. The molecule has 0 aromatic carbocycles. The summed E-state index contributed by atoms with van der Waals surface area (Å²) in [5.41, 5.74) is -0.0947. The van der Waals surface area contributed by atoms with Gasteiger partial charge in [0.25, 0.3) is 0 Å². The van der Waals surface area contributed by atoms with Crippen LogP contribution in [0.2, 0.25) is 0 Å². The monoisotopic (exact) mass is 239 g/mol. The van der Waals surface area contributed by atoms with Crippen LogP contribution in [0.1, 0.15) is 26.7 Å². The van der Waals surface area contributed by atoms with Gasteiger partial charge in [-0.2, -0.15) is 4.98 Å². The van der Waals surface area contributed by atoms with Gasteiger partial charge in [0.2, 0.25) is 11.8 Å². The van der Waals surface area contributed by atoms with Crippen molar-refractivity contribution in [2.24, 2.45) is 0 Å². The Morgan fingerprint density at radius 2 is 2.18 bits per heavy atom. The molecule has 0 saturated heterocycles. The summed E-state index contributed by atoms with van der Waals surface area (Å²) in [6, 6.07) is 0. The van der Waals surface area contributed by atoms with Gasteiger partial charge in [0.15, 0.2) is 0 Å². The van der Waals surface area contributed by atoms with Gasteiger partial charge in [-0.1, -0.05) is 13.3 Å². The van der Waals surface area contributed by atoms with Crippen LogP contribution >= 0.6 is 0 Å². The molecular weight excluding hydrogens is 222 g/mol. The van der Waals surface area contributed by atoms with Crippen LogP contribution in [0.4, 0.5) is 17.5 Å². The second-order valence-corrected chi connectivity index (χ2v) is 3.50. The van der Waals surface area contributed by atoms with E-state index in [1.807, 2.05) is 6.92 Å². The molecule has 17 heavy (non-hydrogen) atoms. The van der Waals surface area contributed by atoms with Crippen LogP contribution < -0.4 is 10.6 Å². The van der Waals surface area contributed by atoms with Crippen molar-refractivity contribution in [3.8, 4) is 0 Å². The molecule has 94 valence electrons. The molecule has 0 amide bonds. The first-order chi connectivity index (χ1) is 8.19. The van der Waals surface area contributed by atoms with Crippen molar-refractivity contribution in [3.63, 3.8) is 0 Å². The zero-order valence-corrected chi connectivity index (χ0v) is 10.1. The standard InChI is InChI=1S/C10H17N5O2/c1-3-5-6-12-9-8(15(16)17)7-13-10(14-9)11-4-2/h7H,3-6H2,1-2H3,(H2,11,12,13,14). The zero-order chi connectivity index (χ0) is 12.7. The Morgan fingerprint density at radius 1 is 1.41 bits per heavy atom. The van der Waals surface area contributed by atoms with E-state index in [1.165, 1.54) is 6.20 Å². The number of anilines is 2. The van der Waals surface area contributed by atoms with E-state index in [-0.39, 0.29) is 11.5 Å². The fraction of sp³-hybridized carbons (Fsp3) is 0.600. The van der Waals surface area contributed by atoms with E-state index < -0.39 is 4.92 Å². The normalized spacial score (nSPS) is 10.0. The van der Waals surface area contributed by atoms with Gasteiger partial charge in [-0.15, -0.1) is 0 Å². The number of hydrogen-bond donors (Lipinski definition) is 2. The second-order valence-electron chi connectivity index (χ2n) is 3.50. The van der Waals surface area contributed by atoms with Crippen LogP contribution in [0.25, 0.3) is 0 Å². The molecule has 1 aromatic rings. The third-order valence-electron chi connectivity index (χ3n) is 2.12. The highest BCUT2D eigenvalue weighted by atomic mass is 16.6. The SMILES string of the molecule is CCCCNc1nc(NCC)ncc1[N+](=O)[O-]. The summed E-state index contributed by atoms with van der Waals surface area (Å²) in [5.74, 6) is 0.673. The average molecular weight is 239 g/mol. The number of nitrogens with one attached hydrogen (secondary N) is 2. The van der Waals surface area contributed by atoms with E-state index in [4.69, 9.17) is 0 Å². The lowest BCUT2D eigenvalue weighted by molar-refractivity contribution is -0.384. The van der Waals surface area contributed by atoms with E-state index in [9.17, 15) is 10.1 Å². The molecule has 0 spiro atoms. The van der Waals surface area contributed by atoms with Crippen molar-refractivity contribution in [3.05, 3.63) is 16.3 Å². The molecule has 0 fully saturated rings. The van der Waals surface area contributed by atoms with Crippen molar-refractivity contribution in [1.82, 2.24) is 9.97 Å². The number of rotatable bonds is 7. The maximum atomic E-state index is 10.8. The molecule has 1 heterocycles. The van der Waals surface area contributed by atoms with Gasteiger partial charge < -0.3 is 10.6 Å². The maximum Gasteiger partial charge on any atom is 0.329 e. The van der Waals surface area contributed by atoms with Crippen molar-refractivity contribution in [1.29, 1.82) is 0 Å². The average Bonchev–Trinajstić information content (AvgIpc) is 2.30. The van der Waals surface area contributed by atoms with Crippen LogP contribution in [0, 0.1) is 10.1 Å². The van der Waals surface area contributed by atoms with Crippen LogP contribution in [0.15, 0.2) is 6.20 Å². The molecule has 0 bridgehead atoms. The molecule has 0 radical (unpaired) electrons. The predicted octanol–water partition coefficient (Wildman–Crippen LogP) is 2.03. The van der Waals surface area contributed by atoms with Gasteiger partial charge in [0.1, 0.15) is 6.20 Å². The summed E-state index contributed by atoms with van der Waals surface area (Å²) in [6.07, 6.45) is 3.18. The van der Waals surface area contributed by atoms with Crippen molar-refractivity contribution >= 4 is 17.5 Å². The molecule has 0 aliphatic rings. The minimum Gasteiger partial charge on any atom is -0.364 e. The quantitative estimate of drug-likeness (QED) is 0.429. The molecular formula is C10H17N5O2. The summed E-state index contributed by atoms with van der Waals surface area (Å²) < 4.78 is 0. The van der Waals surface area contributed by atoms with Crippen molar-refractivity contribution in [2.45, 2.75) is 26.7 Å². The fourth-order valence-corrected chi connectivity index (χ4v) is 1.27. The van der Waals surface area contributed by atoms with Crippen LogP contribution in [-0.4, -0.2) is 28.0 Å². The maximum absolute atomic E-state index is 10.8. The van der Waals surface area contributed by atoms with E-state index >= 15 is 0 Å². The Labute approximate surface area is 99.8 Å². The Balaban J connectivity index is 2.86. The van der Waals surface area contributed by atoms with Gasteiger partial charge in [0, 0.05) is 13.1 Å². The topological polar surface area (TPSA) is 93.0 Å². The van der Waals surface area contributed by atoms with Crippen LogP contribution in [0.3, 0.4) is 0 Å². The Bertz CT molecular complexity index is 383. The molecule has 7 nitrogen and oxygen atoms in total. The lowest BCUT2D eigenvalue weighted by Crippen LogP contribution is -2.09. The Morgan fingerprint density at radius 3 is 2.76 bits per heavy atom.